The molecule has 0 spiro atoms. The summed E-state index contributed by atoms with van der Waals surface area (Å²) in [6, 6.07) is 13.1. The van der Waals surface area contributed by atoms with Crippen LogP contribution in [0, 0.1) is 17.3 Å². The van der Waals surface area contributed by atoms with Gasteiger partial charge in [0.05, 0.1) is 18.6 Å². The lowest BCUT2D eigenvalue weighted by Gasteiger charge is -2.40. The molecule has 1 aliphatic carbocycles. The highest BCUT2D eigenvalue weighted by molar-refractivity contribution is 6.31. The van der Waals surface area contributed by atoms with E-state index in [1.54, 1.807) is 12.1 Å². The number of benzene rings is 2. The lowest BCUT2D eigenvalue weighted by Crippen LogP contribution is -2.55. The summed E-state index contributed by atoms with van der Waals surface area (Å²) >= 11 is 6.44. The van der Waals surface area contributed by atoms with Gasteiger partial charge >= 0.3 is 0 Å². The van der Waals surface area contributed by atoms with E-state index in [2.05, 4.69) is 11.8 Å². The Morgan fingerprint density at radius 1 is 0.941 bits per heavy atom. The number of ether oxygens (including phenoxy) is 1. The van der Waals surface area contributed by atoms with Crippen molar-refractivity contribution < 1.29 is 30.3 Å². The third kappa shape index (κ3) is 5.32. The predicted octanol–water partition coefficient (Wildman–Crippen LogP) is 2.35. The summed E-state index contributed by atoms with van der Waals surface area (Å²) in [5.74, 6) is 6.50. The predicted molar refractivity (Wildman–Crippen MR) is 128 cm³/mol. The molecule has 5 N–H and O–H groups in total. The van der Waals surface area contributed by atoms with Crippen LogP contribution in [-0.4, -0.2) is 63.2 Å². The third-order valence-corrected chi connectivity index (χ3v) is 7.34. The number of rotatable bonds is 5. The summed E-state index contributed by atoms with van der Waals surface area (Å²) in [7, 11) is 0. The standard InChI is InChI=1S/C27H31ClO6/c28-21-8-7-19(26-25(33)24(32)23(31)22(15-29)34-26)14-20(21)13-18-5-3-17(4-6-18)9-12-27(16-30)10-1-2-11-27/h3-8,14,22-26,29-33H,1-2,10-11,13,15-16H2/t22-,23-,24+,25-,26+/m1/s1. The van der Waals surface area contributed by atoms with Gasteiger partial charge in [0.15, 0.2) is 0 Å². The van der Waals surface area contributed by atoms with E-state index in [4.69, 9.17) is 16.3 Å². The Morgan fingerprint density at radius 2 is 1.65 bits per heavy atom. The molecule has 2 fully saturated rings. The van der Waals surface area contributed by atoms with E-state index in [-0.39, 0.29) is 12.0 Å². The molecule has 1 aliphatic heterocycles. The maximum atomic E-state index is 10.4. The summed E-state index contributed by atoms with van der Waals surface area (Å²) in [6.45, 7) is -0.377. The van der Waals surface area contributed by atoms with E-state index < -0.39 is 37.1 Å². The normalized spacial score (nSPS) is 28.4. The van der Waals surface area contributed by atoms with Gasteiger partial charge < -0.3 is 30.3 Å². The number of halogens is 1. The molecular formula is C27H31ClO6. The van der Waals surface area contributed by atoms with E-state index in [0.29, 0.717) is 17.0 Å². The molecule has 0 amide bonds. The fourth-order valence-corrected chi connectivity index (χ4v) is 4.97. The summed E-state index contributed by atoms with van der Waals surface area (Å²) in [4.78, 5) is 0. The van der Waals surface area contributed by atoms with Crippen LogP contribution in [-0.2, 0) is 11.2 Å². The molecule has 2 aliphatic rings. The summed E-state index contributed by atoms with van der Waals surface area (Å²) in [5, 5.41) is 50.3. The largest absolute Gasteiger partial charge is 0.395 e. The van der Waals surface area contributed by atoms with Crippen molar-refractivity contribution >= 4 is 11.6 Å². The molecule has 0 unspecified atom stereocenters. The van der Waals surface area contributed by atoms with Gasteiger partial charge in [0.25, 0.3) is 0 Å². The minimum atomic E-state index is -1.43. The molecule has 1 saturated heterocycles. The molecular weight excluding hydrogens is 456 g/mol. The average molecular weight is 487 g/mol. The van der Waals surface area contributed by atoms with Gasteiger partial charge in [-0.3, -0.25) is 0 Å². The number of aliphatic hydroxyl groups is 5. The van der Waals surface area contributed by atoms with Gasteiger partial charge in [-0.15, -0.1) is 0 Å². The number of aliphatic hydroxyl groups excluding tert-OH is 5. The van der Waals surface area contributed by atoms with Gasteiger partial charge in [-0.05, 0) is 54.2 Å². The van der Waals surface area contributed by atoms with Crippen LogP contribution in [0.2, 0.25) is 5.02 Å². The van der Waals surface area contributed by atoms with Crippen molar-refractivity contribution in [1.29, 1.82) is 0 Å². The molecule has 34 heavy (non-hydrogen) atoms. The van der Waals surface area contributed by atoms with E-state index in [1.165, 1.54) is 0 Å². The lowest BCUT2D eigenvalue weighted by molar-refractivity contribution is -0.231. The Morgan fingerprint density at radius 3 is 2.29 bits per heavy atom. The second kappa shape index (κ2) is 10.8. The topological polar surface area (TPSA) is 110 Å². The van der Waals surface area contributed by atoms with Crippen LogP contribution in [0.5, 0.6) is 0 Å². The van der Waals surface area contributed by atoms with E-state index in [1.807, 2.05) is 30.3 Å². The van der Waals surface area contributed by atoms with Crippen LogP contribution in [0.3, 0.4) is 0 Å². The van der Waals surface area contributed by atoms with Crippen molar-refractivity contribution in [2.24, 2.45) is 5.41 Å². The Hall–Kier alpha value is -1.95. The highest BCUT2D eigenvalue weighted by Crippen LogP contribution is 2.37. The van der Waals surface area contributed by atoms with E-state index in [0.717, 1.165) is 42.4 Å². The molecule has 4 rings (SSSR count). The summed E-state index contributed by atoms with van der Waals surface area (Å²) in [6.07, 6.45) is -1.40. The van der Waals surface area contributed by atoms with Crippen molar-refractivity contribution in [3.63, 3.8) is 0 Å². The first-order valence-corrected chi connectivity index (χ1v) is 12.1. The highest BCUT2D eigenvalue weighted by Gasteiger charge is 2.44. The smallest absolute Gasteiger partial charge is 0.113 e. The minimum absolute atomic E-state index is 0.0986. The fraction of sp³-hybridized carbons (Fsp3) is 0.481. The Labute approximate surface area is 204 Å². The second-order valence-electron chi connectivity index (χ2n) is 9.37. The molecule has 0 radical (unpaired) electrons. The fourth-order valence-electron chi connectivity index (χ4n) is 4.79. The summed E-state index contributed by atoms with van der Waals surface area (Å²) in [5.41, 5.74) is 3.07. The van der Waals surface area contributed by atoms with Gasteiger partial charge in [-0.1, -0.05) is 60.5 Å². The van der Waals surface area contributed by atoms with Crippen LogP contribution < -0.4 is 0 Å². The second-order valence-corrected chi connectivity index (χ2v) is 9.78. The zero-order valence-electron chi connectivity index (χ0n) is 18.9. The first kappa shape index (κ1) is 25.2. The molecule has 182 valence electrons. The number of hydrogen-bond donors (Lipinski definition) is 5. The number of hydrogen-bond acceptors (Lipinski definition) is 6. The van der Waals surface area contributed by atoms with Crippen LogP contribution in [0.4, 0.5) is 0 Å². The van der Waals surface area contributed by atoms with Crippen molar-refractivity contribution in [3.05, 3.63) is 69.7 Å². The molecule has 2 aromatic rings. The molecule has 2 aromatic carbocycles. The van der Waals surface area contributed by atoms with Crippen LogP contribution in [0.25, 0.3) is 0 Å². The minimum Gasteiger partial charge on any atom is -0.395 e. The Bertz CT molecular complexity index is 1040. The monoisotopic (exact) mass is 486 g/mol. The van der Waals surface area contributed by atoms with Crippen LogP contribution in [0.1, 0.15) is 54.0 Å². The maximum Gasteiger partial charge on any atom is 0.113 e. The first-order valence-electron chi connectivity index (χ1n) is 11.7. The van der Waals surface area contributed by atoms with Crippen molar-refractivity contribution in [1.82, 2.24) is 0 Å². The molecule has 1 saturated carbocycles. The quantitative estimate of drug-likeness (QED) is 0.415. The first-order chi connectivity index (χ1) is 16.4. The van der Waals surface area contributed by atoms with E-state index in [9.17, 15) is 25.5 Å². The zero-order valence-corrected chi connectivity index (χ0v) is 19.7. The van der Waals surface area contributed by atoms with Crippen LogP contribution >= 0.6 is 11.6 Å². The van der Waals surface area contributed by atoms with Crippen molar-refractivity contribution in [2.75, 3.05) is 13.2 Å². The molecule has 0 bridgehead atoms. The molecule has 7 heteroatoms. The molecule has 0 aromatic heterocycles. The average Bonchev–Trinajstić information content (AvgIpc) is 3.33. The zero-order chi connectivity index (χ0) is 24.3. The van der Waals surface area contributed by atoms with Gasteiger partial charge in [0, 0.05) is 10.6 Å². The molecule has 6 nitrogen and oxygen atoms in total. The van der Waals surface area contributed by atoms with Gasteiger partial charge in [0.2, 0.25) is 0 Å². The Kier molecular flexibility index (Phi) is 7.96. The van der Waals surface area contributed by atoms with Gasteiger partial charge in [0.1, 0.15) is 30.5 Å². The third-order valence-electron chi connectivity index (χ3n) is 6.97. The lowest BCUT2D eigenvalue weighted by atomic mass is 9.88. The Balaban J connectivity index is 1.50. The van der Waals surface area contributed by atoms with Crippen molar-refractivity contribution in [2.45, 2.75) is 62.6 Å². The highest BCUT2D eigenvalue weighted by atomic mass is 35.5. The SMILES string of the molecule is OC[C@H]1O[C@@H](c2ccc(Cl)c(Cc3ccc(C#CC4(CO)CCCC4)cc3)c2)[C@H](O)[C@@H](O)[C@@H]1O. The maximum absolute atomic E-state index is 10.4. The molecule has 1 heterocycles. The van der Waals surface area contributed by atoms with Gasteiger partial charge in [-0.25, -0.2) is 0 Å². The van der Waals surface area contributed by atoms with Crippen LogP contribution in [0.15, 0.2) is 42.5 Å². The van der Waals surface area contributed by atoms with Gasteiger partial charge in [-0.2, -0.15) is 0 Å². The molecule has 5 atom stereocenters. The van der Waals surface area contributed by atoms with E-state index >= 15 is 0 Å². The van der Waals surface area contributed by atoms with Crippen molar-refractivity contribution in [3.8, 4) is 11.8 Å². The summed E-state index contributed by atoms with van der Waals surface area (Å²) < 4.78 is 5.68.